The van der Waals surface area contributed by atoms with Crippen molar-refractivity contribution in [1.29, 1.82) is 5.41 Å². The molecule has 0 bridgehead atoms. The SMILES string of the molecule is CC(=N)c1nc2ccccc2n1CC(=O)N(Cc1cccn1C)c1ccc(NC(C)=O)cc1. The molecule has 168 valence electrons. The van der Waals surface area contributed by atoms with E-state index < -0.39 is 0 Å². The Morgan fingerprint density at radius 2 is 1.76 bits per heavy atom. The smallest absolute Gasteiger partial charge is 0.247 e. The second kappa shape index (κ2) is 9.12. The van der Waals surface area contributed by atoms with Crippen LogP contribution in [0, 0.1) is 5.41 Å². The van der Waals surface area contributed by atoms with E-state index in [2.05, 4.69) is 10.3 Å². The molecule has 0 saturated carbocycles. The Labute approximate surface area is 192 Å². The first-order valence-electron chi connectivity index (χ1n) is 10.6. The molecule has 4 aromatic rings. The van der Waals surface area contributed by atoms with Crippen molar-refractivity contribution in [2.24, 2.45) is 7.05 Å². The summed E-state index contributed by atoms with van der Waals surface area (Å²) >= 11 is 0. The average Bonchev–Trinajstić information content (AvgIpc) is 3.36. The van der Waals surface area contributed by atoms with Crippen molar-refractivity contribution in [3.8, 4) is 0 Å². The number of aromatic nitrogens is 3. The number of para-hydroxylation sites is 2. The van der Waals surface area contributed by atoms with Gasteiger partial charge >= 0.3 is 0 Å². The summed E-state index contributed by atoms with van der Waals surface area (Å²) in [5.41, 5.74) is 4.22. The van der Waals surface area contributed by atoms with Gasteiger partial charge in [0.15, 0.2) is 5.82 Å². The number of nitrogens with one attached hydrogen (secondary N) is 2. The van der Waals surface area contributed by atoms with E-state index in [0.29, 0.717) is 29.5 Å². The third-order valence-corrected chi connectivity index (χ3v) is 5.46. The molecule has 2 aromatic heterocycles. The maximum atomic E-state index is 13.7. The molecule has 8 heteroatoms. The first-order valence-corrected chi connectivity index (χ1v) is 10.6. The Hall–Kier alpha value is -4.20. The quantitative estimate of drug-likeness (QED) is 0.424. The van der Waals surface area contributed by atoms with Gasteiger partial charge in [0.2, 0.25) is 11.8 Å². The first kappa shape index (κ1) is 22.0. The highest BCUT2D eigenvalue weighted by Crippen LogP contribution is 2.23. The summed E-state index contributed by atoms with van der Waals surface area (Å²) < 4.78 is 3.77. The Bertz CT molecular complexity index is 1330. The molecular formula is C25H26N6O2. The maximum absolute atomic E-state index is 13.7. The van der Waals surface area contributed by atoms with E-state index in [4.69, 9.17) is 5.41 Å². The number of carbonyl (C=O) groups is 2. The van der Waals surface area contributed by atoms with E-state index in [0.717, 1.165) is 16.7 Å². The predicted molar refractivity (Wildman–Crippen MR) is 130 cm³/mol. The third-order valence-electron chi connectivity index (χ3n) is 5.46. The van der Waals surface area contributed by atoms with Crippen LogP contribution in [0.1, 0.15) is 25.4 Å². The molecule has 0 aliphatic heterocycles. The van der Waals surface area contributed by atoms with Crippen LogP contribution in [0.15, 0.2) is 66.9 Å². The fourth-order valence-corrected chi connectivity index (χ4v) is 3.82. The summed E-state index contributed by atoms with van der Waals surface area (Å²) in [5.74, 6) is 0.194. The summed E-state index contributed by atoms with van der Waals surface area (Å²) in [6.07, 6.45) is 1.94. The highest BCUT2D eigenvalue weighted by atomic mass is 16.2. The molecule has 8 nitrogen and oxygen atoms in total. The van der Waals surface area contributed by atoms with Gasteiger partial charge in [-0.25, -0.2) is 4.98 Å². The Balaban J connectivity index is 1.70. The number of hydrogen-bond donors (Lipinski definition) is 2. The number of nitrogens with zero attached hydrogens (tertiary/aromatic N) is 4. The molecule has 2 N–H and O–H groups in total. The molecule has 0 spiro atoms. The molecule has 0 radical (unpaired) electrons. The third kappa shape index (κ3) is 4.69. The minimum absolute atomic E-state index is 0.0456. The first-order chi connectivity index (χ1) is 15.8. The Morgan fingerprint density at radius 1 is 1.03 bits per heavy atom. The number of carbonyl (C=O) groups excluding carboxylic acids is 2. The zero-order valence-corrected chi connectivity index (χ0v) is 18.9. The molecule has 0 saturated heterocycles. The second-order valence-electron chi connectivity index (χ2n) is 7.95. The number of benzene rings is 2. The average molecular weight is 443 g/mol. The van der Waals surface area contributed by atoms with Gasteiger partial charge in [0, 0.05) is 37.2 Å². The summed E-state index contributed by atoms with van der Waals surface area (Å²) in [5, 5.41) is 10.9. The van der Waals surface area contributed by atoms with Crippen LogP contribution < -0.4 is 10.2 Å². The van der Waals surface area contributed by atoms with E-state index in [-0.39, 0.29) is 18.4 Å². The van der Waals surface area contributed by atoms with Gasteiger partial charge in [-0.3, -0.25) is 9.59 Å². The van der Waals surface area contributed by atoms with Crippen molar-refractivity contribution in [3.05, 3.63) is 78.4 Å². The molecule has 2 amide bonds. The standard InChI is InChI=1S/C25H26N6O2/c1-17(26)25-28-22-8-4-5-9-23(22)31(25)16-24(33)30(15-21-7-6-14-29(21)3)20-12-10-19(11-13-20)27-18(2)32/h4-14,26H,15-16H2,1-3H3,(H,27,32). The number of rotatable bonds is 7. The number of aryl methyl sites for hydroxylation is 1. The summed E-state index contributed by atoms with van der Waals surface area (Å²) in [7, 11) is 1.94. The lowest BCUT2D eigenvalue weighted by atomic mass is 10.2. The van der Waals surface area contributed by atoms with E-state index in [1.54, 1.807) is 28.5 Å². The fraction of sp³-hybridized carbons (Fsp3) is 0.200. The lowest BCUT2D eigenvalue weighted by Crippen LogP contribution is -2.34. The summed E-state index contributed by atoms with van der Waals surface area (Å²) in [4.78, 5) is 31.3. The molecular weight excluding hydrogens is 416 g/mol. The fourth-order valence-electron chi connectivity index (χ4n) is 3.82. The van der Waals surface area contributed by atoms with Crippen LogP contribution >= 0.6 is 0 Å². The molecule has 0 fully saturated rings. The summed E-state index contributed by atoms with van der Waals surface area (Å²) in [6, 6.07) is 18.7. The van der Waals surface area contributed by atoms with Crippen molar-refractivity contribution >= 4 is 39.9 Å². The van der Waals surface area contributed by atoms with Crippen molar-refractivity contribution in [2.75, 3.05) is 10.2 Å². The lowest BCUT2D eigenvalue weighted by molar-refractivity contribution is -0.119. The monoisotopic (exact) mass is 442 g/mol. The highest BCUT2D eigenvalue weighted by Gasteiger charge is 2.21. The minimum atomic E-state index is -0.152. The molecule has 2 aromatic carbocycles. The van der Waals surface area contributed by atoms with E-state index in [1.807, 2.05) is 66.3 Å². The van der Waals surface area contributed by atoms with E-state index in [9.17, 15) is 9.59 Å². The number of hydrogen-bond acceptors (Lipinski definition) is 4. The van der Waals surface area contributed by atoms with Crippen LogP contribution in [-0.2, 0) is 29.7 Å². The van der Waals surface area contributed by atoms with Gasteiger partial charge in [-0.05, 0) is 55.5 Å². The van der Waals surface area contributed by atoms with Gasteiger partial charge in [0.1, 0.15) is 6.54 Å². The Kier molecular flexibility index (Phi) is 6.08. The normalized spacial score (nSPS) is 10.9. The van der Waals surface area contributed by atoms with Crippen molar-refractivity contribution in [2.45, 2.75) is 26.9 Å². The molecule has 33 heavy (non-hydrogen) atoms. The maximum Gasteiger partial charge on any atom is 0.247 e. The number of anilines is 2. The van der Waals surface area contributed by atoms with Crippen molar-refractivity contribution in [1.82, 2.24) is 14.1 Å². The molecule has 0 unspecified atom stereocenters. The highest BCUT2D eigenvalue weighted by molar-refractivity contribution is 5.99. The largest absolute Gasteiger partial charge is 0.353 e. The van der Waals surface area contributed by atoms with Gasteiger partial charge in [-0.2, -0.15) is 0 Å². The summed E-state index contributed by atoms with van der Waals surface area (Å²) in [6.45, 7) is 3.55. The zero-order valence-electron chi connectivity index (χ0n) is 18.9. The van der Waals surface area contributed by atoms with Crippen LogP contribution in [0.2, 0.25) is 0 Å². The van der Waals surface area contributed by atoms with Crippen LogP contribution in [0.25, 0.3) is 11.0 Å². The number of amides is 2. The topological polar surface area (TPSA) is 96.0 Å². The predicted octanol–water partition coefficient (Wildman–Crippen LogP) is 3.95. The van der Waals surface area contributed by atoms with Crippen molar-refractivity contribution in [3.63, 3.8) is 0 Å². The molecule has 2 heterocycles. The Morgan fingerprint density at radius 3 is 2.39 bits per heavy atom. The van der Waals surface area contributed by atoms with Gasteiger partial charge in [0.25, 0.3) is 0 Å². The van der Waals surface area contributed by atoms with Gasteiger partial charge in [0.05, 0.1) is 23.3 Å². The van der Waals surface area contributed by atoms with Gasteiger partial charge in [-0.1, -0.05) is 12.1 Å². The van der Waals surface area contributed by atoms with Crippen LogP contribution in [0.4, 0.5) is 11.4 Å². The van der Waals surface area contributed by atoms with E-state index >= 15 is 0 Å². The van der Waals surface area contributed by atoms with Crippen molar-refractivity contribution < 1.29 is 9.59 Å². The van der Waals surface area contributed by atoms with Crippen LogP contribution in [0.5, 0.6) is 0 Å². The second-order valence-corrected chi connectivity index (χ2v) is 7.95. The van der Waals surface area contributed by atoms with Gasteiger partial charge in [-0.15, -0.1) is 0 Å². The lowest BCUT2D eigenvalue weighted by Gasteiger charge is -2.24. The number of fused-ring (bicyclic) bond motifs is 1. The molecule has 0 aliphatic carbocycles. The van der Waals surface area contributed by atoms with E-state index in [1.165, 1.54) is 6.92 Å². The minimum Gasteiger partial charge on any atom is -0.353 e. The van der Waals surface area contributed by atoms with Gasteiger partial charge < -0.3 is 24.8 Å². The zero-order chi connectivity index (χ0) is 23.5. The number of imidazole rings is 1. The molecule has 4 rings (SSSR count). The molecule has 0 aliphatic rings. The molecule has 0 atom stereocenters. The van der Waals surface area contributed by atoms with Crippen LogP contribution in [0.3, 0.4) is 0 Å². The van der Waals surface area contributed by atoms with Crippen LogP contribution in [-0.4, -0.2) is 31.6 Å².